The lowest BCUT2D eigenvalue weighted by atomic mass is 10.1. The smallest absolute Gasteiger partial charge is 0.340 e. The van der Waals surface area contributed by atoms with Gasteiger partial charge in [-0.3, -0.25) is 4.98 Å². The summed E-state index contributed by atoms with van der Waals surface area (Å²) in [5.74, 6) is -5.69. The fourth-order valence-electron chi connectivity index (χ4n) is 1.57. The average molecular weight is 285 g/mol. The number of carbonyl (C=O) groups is 1. The second kappa shape index (κ2) is 5.28. The Balaban J connectivity index is 2.59. The van der Waals surface area contributed by atoms with Gasteiger partial charge in [0, 0.05) is 11.6 Å². The molecule has 0 unspecified atom stereocenters. The van der Waals surface area contributed by atoms with Crippen LogP contribution in [-0.2, 0) is 4.74 Å². The highest BCUT2D eigenvalue weighted by Crippen LogP contribution is 2.25. The molecule has 0 radical (unpaired) electrons. The molecular formula is C13H7F4NO2. The van der Waals surface area contributed by atoms with Gasteiger partial charge in [-0.2, -0.15) is 0 Å². The van der Waals surface area contributed by atoms with Crippen molar-refractivity contribution in [3.63, 3.8) is 0 Å². The summed E-state index contributed by atoms with van der Waals surface area (Å²) in [4.78, 5) is 14.9. The summed E-state index contributed by atoms with van der Waals surface area (Å²) in [5.41, 5.74) is -1.10. The van der Waals surface area contributed by atoms with E-state index >= 15 is 0 Å². The highest BCUT2D eigenvalue weighted by atomic mass is 19.2. The predicted molar refractivity (Wildman–Crippen MR) is 60.8 cm³/mol. The van der Waals surface area contributed by atoms with Crippen molar-refractivity contribution < 1.29 is 27.1 Å². The zero-order chi connectivity index (χ0) is 14.9. The molecule has 0 atom stereocenters. The van der Waals surface area contributed by atoms with Crippen molar-refractivity contribution in [2.75, 3.05) is 7.11 Å². The third-order valence-electron chi connectivity index (χ3n) is 2.55. The van der Waals surface area contributed by atoms with Gasteiger partial charge >= 0.3 is 5.97 Å². The molecule has 0 spiro atoms. The lowest BCUT2D eigenvalue weighted by Crippen LogP contribution is -2.06. The number of carbonyl (C=O) groups excluding carboxylic acids is 1. The molecule has 0 saturated heterocycles. The molecule has 0 N–H and O–H groups in total. The van der Waals surface area contributed by atoms with E-state index in [9.17, 15) is 22.4 Å². The number of benzene rings is 1. The van der Waals surface area contributed by atoms with E-state index < -0.39 is 40.4 Å². The van der Waals surface area contributed by atoms with E-state index in [1.54, 1.807) is 0 Å². The molecule has 0 bridgehead atoms. The van der Waals surface area contributed by atoms with E-state index in [1.807, 2.05) is 0 Å². The van der Waals surface area contributed by atoms with Crippen LogP contribution in [0.2, 0.25) is 0 Å². The number of methoxy groups -OCH3 is 1. The van der Waals surface area contributed by atoms with Crippen LogP contribution in [0.4, 0.5) is 17.6 Å². The zero-order valence-corrected chi connectivity index (χ0v) is 10.1. The molecular weight excluding hydrogens is 278 g/mol. The maximum absolute atomic E-state index is 13.6. The van der Waals surface area contributed by atoms with Gasteiger partial charge in [0.15, 0.2) is 17.5 Å². The molecule has 2 aromatic rings. The Hall–Kier alpha value is -2.44. The third-order valence-corrected chi connectivity index (χ3v) is 2.55. The molecule has 20 heavy (non-hydrogen) atoms. The summed E-state index contributed by atoms with van der Waals surface area (Å²) in [5, 5.41) is 0. The van der Waals surface area contributed by atoms with Gasteiger partial charge in [-0.25, -0.2) is 22.4 Å². The highest BCUT2D eigenvalue weighted by molar-refractivity contribution is 5.90. The number of pyridine rings is 1. The Kier molecular flexibility index (Phi) is 3.69. The van der Waals surface area contributed by atoms with E-state index in [4.69, 9.17) is 0 Å². The number of hydrogen-bond donors (Lipinski definition) is 0. The van der Waals surface area contributed by atoms with E-state index in [1.165, 1.54) is 0 Å². The van der Waals surface area contributed by atoms with Gasteiger partial charge in [-0.1, -0.05) is 0 Å². The number of esters is 1. The second-order valence-electron chi connectivity index (χ2n) is 3.79. The lowest BCUT2D eigenvalue weighted by Gasteiger charge is -2.06. The fraction of sp³-hybridized carbons (Fsp3) is 0.0769. The Morgan fingerprint density at radius 2 is 1.65 bits per heavy atom. The van der Waals surface area contributed by atoms with Crippen molar-refractivity contribution in [3.8, 4) is 11.3 Å². The third kappa shape index (κ3) is 2.47. The highest BCUT2D eigenvalue weighted by Gasteiger charge is 2.17. The van der Waals surface area contributed by atoms with Crippen molar-refractivity contribution >= 4 is 5.97 Å². The average Bonchev–Trinajstić information content (AvgIpc) is 2.43. The summed E-state index contributed by atoms with van der Waals surface area (Å²) in [6.45, 7) is 0. The SMILES string of the molecule is COC(=O)c1cc(-c2cc(F)c(F)cc2F)ncc1F. The minimum atomic E-state index is -1.36. The van der Waals surface area contributed by atoms with Gasteiger partial charge < -0.3 is 4.74 Å². The molecule has 0 aliphatic carbocycles. The van der Waals surface area contributed by atoms with Crippen LogP contribution in [0.25, 0.3) is 11.3 Å². The second-order valence-corrected chi connectivity index (χ2v) is 3.79. The Morgan fingerprint density at radius 3 is 2.30 bits per heavy atom. The topological polar surface area (TPSA) is 39.2 Å². The zero-order valence-electron chi connectivity index (χ0n) is 10.1. The van der Waals surface area contributed by atoms with Crippen LogP contribution in [0.15, 0.2) is 24.4 Å². The van der Waals surface area contributed by atoms with Crippen LogP contribution >= 0.6 is 0 Å². The molecule has 1 aromatic heterocycles. The molecule has 104 valence electrons. The molecule has 0 saturated carbocycles. The van der Waals surface area contributed by atoms with Crippen molar-refractivity contribution in [1.29, 1.82) is 0 Å². The maximum Gasteiger partial charge on any atom is 0.340 e. The number of halogens is 4. The minimum Gasteiger partial charge on any atom is -0.465 e. The molecule has 2 rings (SSSR count). The first-order valence-electron chi connectivity index (χ1n) is 5.32. The number of nitrogens with zero attached hydrogens (tertiary/aromatic N) is 1. The summed E-state index contributed by atoms with van der Waals surface area (Å²) < 4.78 is 57.2. The molecule has 1 aromatic carbocycles. The van der Waals surface area contributed by atoms with Gasteiger partial charge in [0.25, 0.3) is 0 Å². The van der Waals surface area contributed by atoms with Crippen LogP contribution in [0.1, 0.15) is 10.4 Å². The lowest BCUT2D eigenvalue weighted by molar-refractivity contribution is 0.0595. The van der Waals surface area contributed by atoms with Crippen LogP contribution in [0.3, 0.4) is 0 Å². The quantitative estimate of drug-likeness (QED) is 0.483. The first-order chi connectivity index (χ1) is 9.43. The summed E-state index contributed by atoms with van der Waals surface area (Å²) in [6.07, 6.45) is 0.669. The normalized spacial score (nSPS) is 10.4. The van der Waals surface area contributed by atoms with E-state index in [-0.39, 0.29) is 5.69 Å². The summed E-state index contributed by atoms with van der Waals surface area (Å²) >= 11 is 0. The van der Waals surface area contributed by atoms with E-state index in [0.717, 1.165) is 13.2 Å². The van der Waals surface area contributed by atoms with Gasteiger partial charge in [0.2, 0.25) is 0 Å². The molecule has 0 aliphatic heterocycles. The van der Waals surface area contributed by atoms with Gasteiger partial charge in [-0.15, -0.1) is 0 Å². The van der Waals surface area contributed by atoms with Crippen molar-refractivity contribution in [2.45, 2.75) is 0 Å². The van der Waals surface area contributed by atoms with Gasteiger partial charge in [-0.05, 0) is 12.1 Å². The predicted octanol–water partition coefficient (Wildman–Crippen LogP) is 3.09. The number of aromatic nitrogens is 1. The Bertz CT molecular complexity index is 688. The van der Waals surface area contributed by atoms with E-state index in [2.05, 4.69) is 9.72 Å². The van der Waals surface area contributed by atoms with Crippen LogP contribution < -0.4 is 0 Å². The maximum atomic E-state index is 13.6. The molecule has 3 nitrogen and oxygen atoms in total. The van der Waals surface area contributed by atoms with Crippen LogP contribution in [0, 0.1) is 23.3 Å². The molecule has 7 heteroatoms. The van der Waals surface area contributed by atoms with Gasteiger partial charge in [0.05, 0.1) is 24.6 Å². The molecule has 1 heterocycles. The Labute approximate surface area is 110 Å². The summed E-state index contributed by atoms with van der Waals surface area (Å²) in [7, 11) is 1.04. The number of ether oxygens (including phenoxy) is 1. The molecule has 0 fully saturated rings. The largest absolute Gasteiger partial charge is 0.465 e. The number of hydrogen-bond acceptors (Lipinski definition) is 3. The first-order valence-corrected chi connectivity index (χ1v) is 5.32. The fourth-order valence-corrected chi connectivity index (χ4v) is 1.57. The van der Waals surface area contributed by atoms with Crippen molar-refractivity contribution in [1.82, 2.24) is 4.98 Å². The first kappa shape index (κ1) is 14.0. The minimum absolute atomic E-state index is 0.219. The number of rotatable bonds is 2. The Morgan fingerprint density at radius 1 is 1.00 bits per heavy atom. The van der Waals surface area contributed by atoms with Crippen molar-refractivity contribution in [3.05, 3.63) is 53.2 Å². The van der Waals surface area contributed by atoms with Crippen LogP contribution in [-0.4, -0.2) is 18.1 Å². The van der Waals surface area contributed by atoms with E-state index in [0.29, 0.717) is 18.3 Å². The standard InChI is InChI=1S/C13H7F4NO2/c1-20-13(19)7-3-12(18-5-11(7)17)6-2-9(15)10(16)4-8(6)14/h2-5H,1H3. The molecule has 0 amide bonds. The monoisotopic (exact) mass is 285 g/mol. The van der Waals surface area contributed by atoms with Crippen molar-refractivity contribution in [2.24, 2.45) is 0 Å². The summed E-state index contributed by atoms with van der Waals surface area (Å²) in [6, 6.07) is 1.82. The van der Waals surface area contributed by atoms with Gasteiger partial charge in [0.1, 0.15) is 5.82 Å². The molecule has 0 aliphatic rings. The van der Waals surface area contributed by atoms with Crippen LogP contribution in [0.5, 0.6) is 0 Å².